The van der Waals surface area contributed by atoms with Gasteiger partial charge in [0.05, 0.1) is 20.8 Å². The van der Waals surface area contributed by atoms with Crippen LogP contribution in [0.5, 0.6) is 0 Å². The number of rotatable bonds is 9. The van der Waals surface area contributed by atoms with E-state index >= 15 is 0 Å². The van der Waals surface area contributed by atoms with Crippen LogP contribution in [0, 0.1) is 6.57 Å². The van der Waals surface area contributed by atoms with Gasteiger partial charge in [-0.25, -0.2) is 16.2 Å². The summed E-state index contributed by atoms with van der Waals surface area (Å²) in [6.45, 7) is 17.9. The molecule has 0 radical (unpaired) electrons. The molecule has 196 valence electrons. The lowest BCUT2D eigenvalue weighted by atomic mass is 10.2. The van der Waals surface area contributed by atoms with Gasteiger partial charge in [-0.1, -0.05) is 0 Å². The predicted octanol–water partition coefficient (Wildman–Crippen LogP) is 2.06. The first-order valence-electron chi connectivity index (χ1n) is 10.7. The minimum atomic E-state index is -0.635. The quantitative estimate of drug-likeness (QED) is 0.293. The van der Waals surface area contributed by atoms with E-state index in [4.69, 9.17) is 21.8 Å². The monoisotopic (exact) mass is 488 g/mol. The van der Waals surface area contributed by atoms with Gasteiger partial charge in [0.2, 0.25) is 6.54 Å². The Morgan fingerprint density at radius 3 is 1.47 bits per heavy atom. The first-order valence-corrected chi connectivity index (χ1v) is 10.7. The van der Waals surface area contributed by atoms with E-state index in [9.17, 15) is 19.2 Å². The zero-order valence-electron chi connectivity index (χ0n) is 21.6. The highest BCUT2D eigenvalue weighted by Gasteiger charge is 2.25. The fourth-order valence-electron chi connectivity index (χ4n) is 2.02. The summed E-state index contributed by atoms with van der Waals surface area (Å²) in [6, 6.07) is 0. The van der Waals surface area contributed by atoms with Gasteiger partial charge >= 0.3 is 24.1 Å². The Hall–Kier alpha value is -3.07. The van der Waals surface area contributed by atoms with Crippen molar-refractivity contribution in [1.82, 2.24) is 9.80 Å². The molecule has 0 aromatic heterocycles. The second-order valence-electron chi connectivity index (χ2n) is 8.98. The Kier molecular flexibility index (Phi) is 16.1. The van der Waals surface area contributed by atoms with Crippen LogP contribution in [0.25, 0.3) is 4.85 Å². The number of nitrogens with zero attached hydrogens (tertiary/aromatic N) is 3. The van der Waals surface area contributed by atoms with Crippen LogP contribution >= 0.6 is 0 Å². The fourth-order valence-corrected chi connectivity index (χ4v) is 2.02. The molecule has 2 amide bonds. The van der Waals surface area contributed by atoms with Crippen LogP contribution in [-0.2, 0) is 28.5 Å². The lowest BCUT2D eigenvalue weighted by Crippen LogP contribution is -2.41. The van der Waals surface area contributed by atoms with Crippen LogP contribution < -0.4 is 5.73 Å². The Morgan fingerprint density at radius 2 is 1.18 bits per heavy atom. The molecule has 0 fully saturated rings. The van der Waals surface area contributed by atoms with Crippen molar-refractivity contribution in [3.05, 3.63) is 11.4 Å². The third-order valence-electron chi connectivity index (χ3n) is 3.51. The van der Waals surface area contributed by atoms with Gasteiger partial charge in [0.1, 0.15) is 24.3 Å². The average Bonchev–Trinajstić information content (AvgIpc) is 2.71. The second kappa shape index (κ2) is 16.5. The number of carbonyl (C=O) groups excluding carboxylic acids is 4. The molecule has 0 aliphatic carbocycles. The highest BCUT2D eigenvalue weighted by molar-refractivity contribution is 5.78. The van der Waals surface area contributed by atoms with Crippen molar-refractivity contribution in [2.24, 2.45) is 5.73 Å². The van der Waals surface area contributed by atoms with Gasteiger partial charge in [-0.05, 0) is 54.5 Å². The zero-order chi connectivity index (χ0) is 26.9. The molecule has 12 nitrogen and oxygen atoms in total. The van der Waals surface area contributed by atoms with Crippen LogP contribution in [-0.4, -0.2) is 98.6 Å². The molecule has 2 N–H and O–H groups in total. The third-order valence-corrected chi connectivity index (χ3v) is 3.51. The van der Waals surface area contributed by atoms with E-state index in [0.29, 0.717) is 19.5 Å². The lowest BCUT2D eigenvalue weighted by molar-refractivity contribution is -0.142. The molecule has 0 heterocycles. The van der Waals surface area contributed by atoms with E-state index in [1.54, 1.807) is 41.5 Å². The molecule has 0 unspecified atom stereocenters. The molecular formula is C22H40N4O8. The molecule has 0 aromatic carbocycles. The molecule has 12 heteroatoms. The van der Waals surface area contributed by atoms with Gasteiger partial charge in [0, 0.05) is 6.54 Å². The fraction of sp³-hybridized carbons (Fsp3) is 0.773. The highest BCUT2D eigenvalue weighted by atomic mass is 16.6. The summed E-state index contributed by atoms with van der Waals surface area (Å²) < 4.78 is 19.3. The zero-order valence-corrected chi connectivity index (χ0v) is 21.6. The van der Waals surface area contributed by atoms with E-state index in [2.05, 4.69) is 14.3 Å². The van der Waals surface area contributed by atoms with E-state index in [-0.39, 0.29) is 26.2 Å². The van der Waals surface area contributed by atoms with E-state index in [1.807, 2.05) is 0 Å². The summed E-state index contributed by atoms with van der Waals surface area (Å²) in [7, 11) is 2.52. The molecule has 0 saturated heterocycles. The molecular weight excluding hydrogens is 448 g/mol. The van der Waals surface area contributed by atoms with Gasteiger partial charge in [0.15, 0.2) is 0 Å². The Bertz CT molecular complexity index is 692. The molecule has 0 aromatic rings. The molecule has 0 aliphatic rings. The molecule has 34 heavy (non-hydrogen) atoms. The smallest absolute Gasteiger partial charge is 0.411 e. The van der Waals surface area contributed by atoms with Crippen molar-refractivity contribution in [3.63, 3.8) is 0 Å². The van der Waals surface area contributed by atoms with Crippen LogP contribution in [0.15, 0.2) is 0 Å². The largest absolute Gasteiger partial charge is 0.468 e. The average molecular weight is 489 g/mol. The van der Waals surface area contributed by atoms with Gasteiger partial charge in [-0.3, -0.25) is 19.4 Å². The number of methoxy groups -OCH3 is 2. The topological polar surface area (TPSA) is 142 Å². The van der Waals surface area contributed by atoms with Crippen LogP contribution in [0.2, 0.25) is 0 Å². The lowest BCUT2D eigenvalue weighted by Gasteiger charge is -2.26. The number of esters is 2. The summed E-state index contributed by atoms with van der Waals surface area (Å²) in [4.78, 5) is 51.3. The minimum Gasteiger partial charge on any atom is -0.468 e. The maximum atomic E-state index is 11.8. The van der Waals surface area contributed by atoms with Gasteiger partial charge in [0.25, 0.3) is 0 Å². The second-order valence-corrected chi connectivity index (χ2v) is 8.98. The number of hydrogen-bond acceptors (Lipinski definition) is 9. The van der Waals surface area contributed by atoms with Crippen molar-refractivity contribution in [3.8, 4) is 0 Å². The maximum absolute atomic E-state index is 11.8. The van der Waals surface area contributed by atoms with E-state index in [0.717, 1.165) is 4.90 Å². The highest BCUT2D eigenvalue weighted by Crippen LogP contribution is 2.11. The number of ether oxygens (including phenoxy) is 4. The minimum absolute atomic E-state index is 0.120. The Morgan fingerprint density at radius 1 is 0.794 bits per heavy atom. The van der Waals surface area contributed by atoms with Crippen LogP contribution in [0.4, 0.5) is 9.59 Å². The number of amides is 2. The number of hydrogen-bond donors (Lipinski definition) is 1. The Labute approximate surface area is 202 Å². The molecule has 0 rings (SSSR count). The standard InChI is InChI=1S/C11H18N2O4.C11H22N2O4/c1-11(2,3)17-10(15)13(7-6-12-4)8-9(14)16-5;1-11(2,3)17-10(15)13(7-5-6-12)8-9(14)16-4/h6-8H2,1-3,5H3;5-8,12H2,1-4H3. The molecule has 0 bridgehead atoms. The first kappa shape index (κ1) is 33.1. The summed E-state index contributed by atoms with van der Waals surface area (Å²) in [5, 5.41) is 0. The van der Waals surface area contributed by atoms with Gasteiger partial charge in [-0.2, -0.15) is 0 Å². The number of carbonyl (C=O) groups is 4. The Balaban J connectivity index is 0. The van der Waals surface area contributed by atoms with Crippen molar-refractivity contribution in [1.29, 1.82) is 0 Å². The molecule has 0 saturated carbocycles. The van der Waals surface area contributed by atoms with Crippen LogP contribution in [0.1, 0.15) is 48.0 Å². The first-order chi connectivity index (χ1) is 15.6. The summed E-state index contributed by atoms with van der Waals surface area (Å²) in [5.41, 5.74) is 4.15. The van der Waals surface area contributed by atoms with Gasteiger partial charge < -0.3 is 29.5 Å². The van der Waals surface area contributed by atoms with Gasteiger partial charge in [-0.15, -0.1) is 0 Å². The SMILES string of the molecule is COC(=O)CN(CCCN)C(=O)OC(C)(C)C.[C-]#[N+]CCN(CC(=O)OC)C(=O)OC(C)(C)C. The summed E-state index contributed by atoms with van der Waals surface area (Å²) in [5.74, 6) is -1.02. The molecule has 0 atom stereocenters. The molecule has 0 aliphatic heterocycles. The van der Waals surface area contributed by atoms with Crippen molar-refractivity contribution in [2.45, 2.75) is 59.2 Å². The summed E-state index contributed by atoms with van der Waals surface area (Å²) in [6.07, 6.45) is -0.543. The van der Waals surface area contributed by atoms with Crippen LogP contribution in [0.3, 0.4) is 0 Å². The third kappa shape index (κ3) is 18.5. The summed E-state index contributed by atoms with van der Waals surface area (Å²) >= 11 is 0. The van der Waals surface area contributed by atoms with E-state index in [1.165, 1.54) is 19.1 Å². The predicted molar refractivity (Wildman–Crippen MR) is 125 cm³/mol. The van der Waals surface area contributed by atoms with Crippen molar-refractivity contribution < 1.29 is 38.1 Å². The van der Waals surface area contributed by atoms with E-state index < -0.39 is 35.3 Å². The number of nitrogens with two attached hydrogens (primary N) is 1. The normalized spacial score (nSPS) is 10.6. The van der Waals surface area contributed by atoms with Crippen molar-refractivity contribution >= 4 is 24.1 Å². The maximum Gasteiger partial charge on any atom is 0.411 e. The van der Waals surface area contributed by atoms with Crippen molar-refractivity contribution in [2.75, 3.05) is 53.5 Å². The molecule has 0 spiro atoms.